The van der Waals surface area contributed by atoms with Crippen LogP contribution in [-0.4, -0.2) is 11.0 Å². The summed E-state index contributed by atoms with van der Waals surface area (Å²) in [6.07, 6.45) is 0. The summed E-state index contributed by atoms with van der Waals surface area (Å²) < 4.78 is 25.5. The standard InChI is InChI=1S/C7H7F2N3O/c8-3-1-4(9)6(5(10)2-3)7(11)12-13/h1-2,13H,10H2,(H2,11,12). The van der Waals surface area contributed by atoms with E-state index in [0.717, 1.165) is 6.07 Å². The predicted octanol–water partition coefficient (Wildman–Crippen LogP) is 0.641. The Morgan fingerprint density at radius 3 is 2.46 bits per heavy atom. The van der Waals surface area contributed by atoms with Crippen LogP contribution in [0.15, 0.2) is 17.3 Å². The molecule has 0 aliphatic rings. The van der Waals surface area contributed by atoms with Crippen molar-refractivity contribution in [1.82, 2.24) is 0 Å². The number of nitrogen functional groups attached to an aromatic ring is 1. The maximum Gasteiger partial charge on any atom is 0.175 e. The molecule has 6 heteroatoms. The number of amidine groups is 1. The lowest BCUT2D eigenvalue weighted by molar-refractivity contribution is 0.318. The van der Waals surface area contributed by atoms with E-state index in [1.807, 2.05) is 0 Å². The molecule has 0 bridgehead atoms. The Morgan fingerprint density at radius 1 is 1.38 bits per heavy atom. The summed E-state index contributed by atoms with van der Waals surface area (Å²) >= 11 is 0. The van der Waals surface area contributed by atoms with Gasteiger partial charge in [0.15, 0.2) is 5.84 Å². The molecular formula is C7H7F2N3O. The van der Waals surface area contributed by atoms with Crippen molar-refractivity contribution in [3.05, 3.63) is 29.3 Å². The lowest BCUT2D eigenvalue weighted by Crippen LogP contribution is -2.17. The molecule has 4 nitrogen and oxygen atoms in total. The van der Waals surface area contributed by atoms with Gasteiger partial charge < -0.3 is 16.7 Å². The molecule has 0 atom stereocenters. The molecule has 0 aromatic heterocycles. The fourth-order valence-electron chi connectivity index (χ4n) is 0.914. The predicted molar refractivity (Wildman–Crippen MR) is 43.3 cm³/mol. The summed E-state index contributed by atoms with van der Waals surface area (Å²) in [7, 11) is 0. The van der Waals surface area contributed by atoms with Crippen LogP contribution >= 0.6 is 0 Å². The first-order valence-electron chi connectivity index (χ1n) is 3.28. The van der Waals surface area contributed by atoms with Gasteiger partial charge in [-0.1, -0.05) is 5.16 Å². The molecule has 0 saturated heterocycles. The second kappa shape index (κ2) is 3.26. The Labute approximate surface area is 72.5 Å². The molecule has 0 aliphatic carbocycles. The van der Waals surface area contributed by atoms with Gasteiger partial charge in [-0.25, -0.2) is 8.78 Å². The third-order valence-corrected chi connectivity index (χ3v) is 1.45. The fourth-order valence-corrected chi connectivity index (χ4v) is 0.914. The van der Waals surface area contributed by atoms with Crippen molar-refractivity contribution in [2.45, 2.75) is 0 Å². The zero-order chi connectivity index (χ0) is 10.0. The van der Waals surface area contributed by atoms with E-state index in [1.165, 1.54) is 0 Å². The number of hydrogen-bond donors (Lipinski definition) is 3. The summed E-state index contributed by atoms with van der Waals surface area (Å²) in [5.41, 5.74) is 9.83. The molecule has 5 N–H and O–H groups in total. The second-order valence-electron chi connectivity index (χ2n) is 2.34. The minimum absolute atomic E-state index is 0.215. The molecule has 0 heterocycles. The van der Waals surface area contributed by atoms with Gasteiger partial charge in [0.05, 0.1) is 5.56 Å². The Morgan fingerprint density at radius 2 is 2.00 bits per heavy atom. The molecule has 0 unspecified atom stereocenters. The molecule has 70 valence electrons. The summed E-state index contributed by atoms with van der Waals surface area (Å²) in [5.74, 6) is -2.27. The number of benzene rings is 1. The van der Waals surface area contributed by atoms with Crippen molar-refractivity contribution in [2.75, 3.05) is 5.73 Å². The molecular weight excluding hydrogens is 180 g/mol. The first-order valence-corrected chi connectivity index (χ1v) is 3.28. The van der Waals surface area contributed by atoms with Crippen LogP contribution in [0.3, 0.4) is 0 Å². The van der Waals surface area contributed by atoms with E-state index in [1.54, 1.807) is 0 Å². The van der Waals surface area contributed by atoms with Crippen LogP contribution in [0.5, 0.6) is 0 Å². The van der Waals surface area contributed by atoms with Crippen molar-refractivity contribution in [3.63, 3.8) is 0 Å². The fraction of sp³-hybridized carbons (Fsp3) is 0. The Kier molecular flexibility index (Phi) is 2.32. The number of hydrogen-bond acceptors (Lipinski definition) is 3. The van der Waals surface area contributed by atoms with Crippen LogP contribution in [0.4, 0.5) is 14.5 Å². The van der Waals surface area contributed by atoms with Crippen molar-refractivity contribution >= 4 is 11.5 Å². The topological polar surface area (TPSA) is 84.6 Å². The molecule has 0 aliphatic heterocycles. The lowest BCUT2D eigenvalue weighted by Gasteiger charge is -2.04. The van der Waals surface area contributed by atoms with E-state index < -0.39 is 17.5 Å². The maximum atomic E-state index is 13.0. The van der Waals surface area contributed by atoms with E-state index in [-0.39, 0.29) is 11.3 Å². The third-order valence-electron chi connectivity index (χ3n) is 1.45. The van der Waals surface area contributed by atoms with Crippen molar-refractivity contribution in [2.24, 2.45) is 10.9 Å². The van der Waals surface area contributed by atoms with Crippen molar-refractivity contribution in [3.8, 4) is 0 Å². The average Bonchev–Trinajstić information content (AvgIpc) is 2.02. The van der Waals surface area contributed by atoms with Crippen molar-refractivity contribution in [1.29, 1.82) is 0 Å². The van der Waals surface area contributed by atoms with E-state index in [9.17, 15) is 8.78 Å². The van der Waals surface area contributed by atoms with Crippen LogP contribution < -0.4 is 11.5 Å². The molecule has 13 heavy (non-hydrogen) atoms. The van der Waals surface area contributed by atoms with Crippen LogP contribution in [0.25, 0.3) is 0 Å². The highest BCUT2D eigenvalue weighted by Crippen LogP contribution is 2.17. The molecule has 0 saturated carbocycles. The van der Waals surface area contributed by atoms with Gasteiger partial charge in [-0.05, 0) is 6.07 Å². The molecule has 0 amide bonds. The molecule has 0 radical (unpaired) electrons. The first kappa shape index (κ1) is 9.24. The average molecular weight is 187 g/mol. The van der Waals surface area contributed by atoms with Gasteiger partial charge in [-0.3, -0.25) is 0 Å². The molecule has 1 rings (SSSR count). The van der Waals surface area contributed by atoms with Gasteiger partial charge in [0, 0.05) is 11.8 Å². The summed E-state index contributed by atoms with van der Waals surface area (Å²) in [5, 5.41) is 10.8. The minimum Gasteiger partial charge on any atom is -0.409 e. The molecule has 1 aromatic carbocycles. The van der Waals surface area contributed by atoms with Gasteiger partial charge in [0.25, 0.3) is 0 Å². The molecule has 1 aromatic rings. The van der Waals surface area contributed by atoms with Crippen molar-refractivity contribution < 1.29 is 14.0 Å². The number of halogens is 2. The maximum absolute atomic E-state index is 13.0. The normalized spacial score (nSPS) is 11.7. The van der Waals surface area contributed by atoms with Gasteiger partial charge in [0.2, 0.25) is 0 Å². The van der Waals surface area contributed by atoms with Crippen LogP contribution in [0.1, 0.15) is 5.56 Å². The Hall–Kier alpha value is -1.85. The Bertz CT molecular complexity index is 342. The van der Waals surface area contributed by atoms with Crippen LogP contribution in [0.2, 0.25) is 0 Å². The van der Waals surface area contributed by atoms with Crippen LogP contribution in [0, 0.1) is 11.6 Å². The monoisotopic (exact) mass is 187 g/mol. The number of nitrogens with zero attached hydrogens (tertiary/aromatic N) is 1. The number of nitrogens with two attached hydrogens (primary N) is 2. The molecule has 0 spiro atoms. The number of rotatable bonds is 1. The van der Waals surface area contributed by atoms with Gasteiger partial charge in [0.1, 0.15) is 11.6 Å². The van der Waals surface area contributed by atoms with Gasteiger partial charge >= 0.3 is 0 Å². The third kappa shape index (κ3) is 1.66. The van der Waals surface area contributed by atoms with E-state index in [2.05, 4.69) is 5.16 Å². The molecule has 0 fully saturated rings. The highest BCUT2D eigenvalue weighted by molar-refractivity contribution is 6.01. The summed E-state index contributed by atoms with van der Waals surface area (Å²) in [6, 6.07) is 1.49. The van der Waals surface area contributed by atoms with E-state index in [4.69, 9.17) is 16.7 Å². The SMILES string of the molecule is NC(=NO)c1c(N)cc(F)cc1F. The number of oxime groups is 1. The highest BCUT2D eigenvalue weighted by atomic mass is 19.1. The Balaban J connectivity index is 3.37. The van der Waals surface area contributed by atoms with Gasteiger partial charge in [-0.15, -0.1) is 0 Å². The smallest absolute Gasteiger partial charge is 0.175 e. The lowest BCUT2D eigenvalue weighted by atomic mass is 10.1. The van der Waals surface area contributed by atoms with E-state index in [0.29, 0.717) is 6.07 Å². The largest absolute Gasteiger partial charge is 0.409 e. The zero-order valence-corrected chi connectivity index (χ0v) is 6.46. The first-order chi connectivity index (χ1) is 6.06. The second-order valence-corrected chi connectivity index (χ2v) is 2.34. The minimum atomic E-state index is -0.965. The van der Waals surface area contributed by atoms with Gasteiger partial charge in [-0.2, -0.15) is 0 Å². The summed E-state index contributed by atoms with van der Waals surface area (Å²) in [6.45, 7) is 0. The highest BCUT2D eigenvalue weighted by Gasteiger charge is 2.12. The van der Waals surface area contributed by atoms with E-state index >= 15 is 0 Å². The van der Waals surface area contributed by atoms with Crippen LogP contribution in [-0.2, 0) is 0 Å². The quantitative estimate of drug-likeness (QED) is 0.198. The number of anilines is 1. The zero-order valence-electron chi connectivity index (χ0n) is 6.46. The summed E-state index contributed by atoms with van der Waals surface area (Å²) in [4.78, 5) is 0.